The summed E-state index contributed by atoms with van der Waals surface area (Å²) in [6.45, 7) is 10.9. The number of ether oxygens (including phenoxy) is 1. The predicted octanol–water partition coefficient (Wildman–Crippen LogP) is 1.11. The minimum Gasteiger partial charge on any atom is -0.378 e. The molecule has 0 N–H and O–H groups in total. The highest BCUT2D eigenvalue weighted by Gasteiger charge is 2.22. The minimum absolute atomic E-state index is 0.743. The average molecular weight is 361 g/mol. The third-order valence-electron chi connectivity index (χ3n) is 4.51. The van der Waals surface area contributed by atoms with Gasteiger partial charge in [-0.3, -0.25) is 0 Å². The third kappa shape index (κ3) is 3.67. The summed E-state index contributed by atoms with van der Waals surface area (Å²) in [5.41, 5.74) is 1.01. The van der Waals surface area contributed by atoms with E-state index in [1.54, 1.807) is 0 Å². The maximum absolute atomic E-state index is 5.43. The molecule has 0 unspecified atom stereocenters. The molecule has 2 fully saturated rings. The van der Waals surface area contributed by atoms with Crippen molar-refractivity contribution in [3.05, 3.63) is 17.6 Å². The fraction of sp³-hybridized carbons (Fsp3) is 0.625. The second kappa shape index (κ2) is 7.09. The molecule has 0 radical (unpaired) electrons. The topological polar surface area (TPSA) is 70.5 Å². The van der Waals surface area contributed by atoms with E-state index >= 15 is 0 Å². The van der Waals surface area contributed by atoms with Crippen molar-refractivity contribution in [2.75, 3.05) is 67.2 Å². The van der Waals surface area contributed by atoms with Crippen LogP contribution in [0.3, 0.4) is 0 Å². The summed E-state index contributed by atoms with van der Waals surface area (Å²) in [4.78, 5) is 20.8. The molecule has 25 heavy (non-hydrogen) atoms. The first-order valence-corrected chi connectivity index (χ1v) is 9.45. The minimum atomic E-state index is 0.743. The monoisotopic (exact) mass is 361 g/mol. The highest BCUT2D eigenvalue weighted by Crippen LogP contribution is 2.23. The van der Waals surface area contributed by atoms with Gasteiger partial charge < -0.3 is 19.4 Å². The number of anilines is 3. The molecule has 0 aromatic carbocycles. The van der Waals surface area contributed by atoms with Crippen LogP contribution in [0.2, 0.25) is 0 Å². The van der Waals surface area contributed by atoms with Crippen LogP contribution in [0.25, 0.3) is 0 Å². The molecule has 0 amide bonds. The Labute approximate surface area is 151 Å². The lowest BCUT2D eigenvalue weighted by molar-refractivity contribution is 0.122. The molecule has 9 heteroatoms. The molecule has 134 valence electrons. The van der Waals surface area contributed by atoms with E-state index in [9.17, 15) is 0 Å². The largest absolute Gasteiger partial charge is 0.378 e. The van der Waals surface area contributed by atoms with Crippen LogP contribution in [0, 0.1) is 13.8 Å². The summed E-state index contributed by atoms with van der Waals surface area (Å²) in [7, 11) is 0. The molecule has 2 aliphatic heterocycles. The van der Waals surface area contributed by atoms with E-state index in [-0.39, 0.29) is 0 Å². The number of nitrogens with zero attached hydrogens (tertiary/aromatic N) is 7. The van der Waals surface area contributed by atoms with Gasteiger partial charge in [0, 0.05) is 62.6 Å². The van der Waals surface area contributed by atoms with Crippen molar-refractivity contribution < 1.29 is 4.74 Å². The lowest BCUT2D eigenvalue weighted by Gasteiger charge is -2.35. The van der Waals surface area contributed by atoms with Gasteiger partial charge in [0.05, 0.1) is 13.2 Å². The second-order valence-corrected chi connectivity index (χ2v) is 7.10. The fourth-order valence-electron chi connectivity index (χ4n) is 3.14. The van der Waals surface area contributed by atoms with Gasteiger partial charge in [-0.05, 0) is 13.8 Å². The molecule has 4 rings (SSSR count). The summed E-state index contributed by atoms with van der Waals surface area (Å²) in [5, 5.41) is 1.02. The zero-order valence-corrected chi connectivity index (χ0v) is 15.5. The van der Waals surface area contributed by atoms with Gasteiger partial charge in [-0.2, -0.15) is 9.36 Å². The molecule has 0 bridgehead atoms. The number of hydrogen-bond acceptors (Lipinski definition) is 9. The van der Waals surface area contributed by atoms with Crippen molar-refractivity contribution in [1.82, 2.24) is 19.3 Å². The number of aryl methyl sites for hydroxylation is 2. The second-order valence-electron chi connectivity index (χ2n) is 6.37. The van der Waals surface area contributed by atoms with Crippen molar-refractivity contribution >= 4 is 28.4 Å². The maximum atomic E-state index is 5.43. The zero-order valence-electron chi connectivity index (χ0n) is 14.7. The van der Waals surface area contributed by atoms with Crippen molar-refractivity contribution in [3.8, 4) is 0 Å². The van der Waals surface area contributed by atoms with Gasteiger partial charge in [-0.1, -0.05) is 0 Å². The number of aromatic nitrogens is 4. The molecule has 0 aliphatic carbocycles. The Morgan fingerprint density at radius 3 is 2.28 bits per heavy atom. The third-order valence-corrected chi connectivity index (χ3v) is 5.38. The molecular formula is C16H23N7OS. The van der Waals surface area contributed by atoms with E-state index in [1.165, 1.54) is 11.5 Å². The van der Waals surface area contributed by atoms with Crippen molar-refractivity contribution in [2.45, 2.75) is 13.8 Å². The van der Waals surface area contributed by atoms with Gasteiger partial charge in [-0.25, -0.2) is 9.97 Å². The number of morpholine rings is 1. The highest BCUT2D eigenvalue weighted by molar-refractivity contribution is 7.09. The summed E-state index contributed by atoms with van der Waals surface area (Å²) < 4.78 is 9.71. The van der Waals surface area contributed by atoms with Gasteiger partial charge in [0.2, 0.25) is 11.1 Å². The number of piperazine rings is 1. The fourth-order valence-corrected chi connectivity index (χ4v) is 3.87. The van der Waals surface area contributed by atoms with Crippen LogP contribution in [-0.2, 0) is 4.74 Å². The van der Waals surface area contributed by atoms with Crippen LogP contribution in [0.4, 0.5) is 16.9 Å². The van der Waals surface area contributed by atoms with Crippen molar-refractivity contribution in [1.29, 1.82) is 0 Å². The Balaban J connectivity index is 1.46. The first kappa shape index (κ1) is 16.5. The van der Waals surface area contributed by atoms with E-state index in [0.29, 0.717) is 0 Å². The summed E-state index contributed by atoms with van der Waals surface area (Å²) in [6.07, 6.45) is 0. The summed E-state index contributed by atoms with van der Waals surface area (Å²) >= 11 is 1.48. The Morgan fingerprint density at radius 1 is 0.880 bits per heavy atom. The molecule has 0 atom stereocenters. The predicted molar refractivity (Wildman–Crippen MR) is 98.9 cm³/mol. The van der Waals surface area contributed by atoms with Crippen LogP contribution in [0.5, 0.6) is 0 Å². The lowest BCUT2D eigenvalue weighted by atomic mass is 10.3. The summed E-state index contributed by atoms with van der Waals surface area (Å²) in [5.74, 6) is 2.69. The van der Waals surface area contributed by atoms with E-state index < -0.39 is 0 Å². The van der Waals surface area contributed by atoms with Crippen molar-refractivity contribution in [2.24, 2.45) is 0 Å². The summed E-state index contributed by atoms with van der Waals surface area (Å²) in [6, 6.07) is 2.08. The smallest absolute Gasteiger partial charge is 0.227 e. The average Bonchev–Trinajstić information content (AvgIpc) is 3.08. The van der Waals surface area contributed by atoms with Gasteiger partial charge in [-0.15, -0.1) is 0 Å². The van der Waals surface area contributed by atoms with Gasteiger partial charge >= 0.3 is 0 Å². The van der Waals surface area contributed by atoms with E-state index in [2.05, 4.69) is 35.1 Å². The van der Waals surface area contributed by atoms with Crippen LogP contribution >= 0.6 is 11.5 Å². The van der Waals surface area contributed by atoms with Crippen LogP contribution < -0.4 is 14.7 Å². The highest BCUT2D eigenvalue weighted by atomic mass is 32.1. The lowest BCUT2D eigenvalue weighted by Crippen LogP contribution is -2.47. The van der Waals surface area contributed by atoms with E-state index in [0.717, 1.165) is 80.9 Å². The molecule has 2 aromatic heterocycles. The molecule has 4 heterocycles. The van der Waals surface area contributed by atoms with Gasteiger partial charge in [0.15, 0.2) is 0 Å². The SMILES string of the molecule is Cc1cc(N2CCN(c3nc(C)ns3)CC2)nc(N2CCOCC2)n1. The molecule has 8 nitrogen and oxygen atoms in total. The van der Waals surface area contributed by atoms with Gasteiger partial charge in [0.1, 0.15) is 11.6 Å². The van der Waals surface area contributed by atoms with Crippen LogP contribution in [0.1, 0.15) is 11.5 Å². The molecule has 0 spiro atoms. The Bertz CT molecular complexity index is 723. The molecule has 2 saturated heterocycles. The first-order chi connectivity index (χ1) is 12.2. The van der Waals surface area contributed by atoms with Crippen LogP contribution in [-0.4, -0.2) is 71.8 Å². The van der Waals surface area contributed by atoms with Gasteiger partial charge in [0.25, 0.3) is 0 Å². The van der Waals surface area contributed by atoms with E-state index in [1.807, 2.05) is 13.8 Å². The normalized spacial score (nSPS) is 18.7. The Morgan fingerprint density at radius 2 is 1.60 bits per heavy atom. The first-order valence-electron chi connectivity index (χ1n) is 8.67. The Kier molecular flexibility index (Phi) is 4.67. The zero-order chi connectivity index (χ0) is 17.2. The molecule has 2 aliphatic rings. The molecule has 0 saturated carbocycles. The quantitative estimate of drug-likeness (QED) is 0.805. The van der Waals surface area contributed by atoms with Crippen LogP contribution in [0.15, 0.2) is 6.07 Å². The van der Waals surface area contributed by atoms with E-state index in [4.69, 9.17) is 9.72 Å². The Hall–Kier alpha value is -2.00. The molecule has 2 aromatic rings. The maximum Gasteiger partial charge on any atom is 0.227 e. The standard InChI is InChI=1S/C16H23N7OS/c1-12-11-14(19-15(17-12)22-7-9-24-10-8-22)21-3-5-23(6-4-21)16-18-13(2)20-25-16/h11H,3-10H2,1-2H3. The molecular weight excluding hydrogens is 338 g/mol. The number of rotatable bonds is 3. The van der Waals surface area contributed by atoms with Crippen molar-refractivity contribution in [3.63, 3.8) is 0 Å². The number of hydrogen-bond donors (Lipinski definition) is 0.